The van der Waals surface area contributed by atoms with Crippen molar-refractivity contribution < 1.29 is 0 Å². The van der Waals surface area contributed by atoms with Crippen LogP contribution in [0, 0.1) is 3.57 Å². The van der Waals surface area contributed by atoms with Gasteiger partial charge in [0.1, 0.15) is 0 Å². The number of halogens is 1. The summed E-state index contributed by atoms with van der Waals surface area (Å²) in [5, 5.41) is 3.59. The minimum absolute atomic E-state index is 0.465. The fraction of sp³-hybridized carbons (Fsp3) is 0.571. The van der Waals surface area contributed by atoms with Crippen LogP contribution in [-0.4, -0.2) is 18.6 Å². The number of hydrogen-bond acceptors (Lipinski definition) is 2. The third-order valence-corrected chi connectivity index (χ3v) is 4.26. The molecule has 3 heteroatoms. The van der Waals surface area contributed by atoms with Gasteiger partial charge in [-0.1, -0.05) is 18.6 Å². The number of benzene rings is 1. The standard InChI is InChI=1S/C14H22INS/c1-12(13-6-8-14(15)9-7-13)16-10-4-3-5-11-17-2/h6-9,12,16H,3-5,10-11H2,1-2H3. The molecule has 1 unspecified atom stereocenters. The summed E-state index contributed by atoms with van der Waals surface area (Å²) in [6.07, 6.45) is 6.15. The number of rotatable bonds is 8. The number of nitrogens with one attached hydrogen (secondary N) is 1. The molecule has 1 aromatic rings. The Morgan fingerprint density at radius 1 is 1.18 bits per heavy atom. The third kappa shape index (κ3) is 6.67. The highest BCUT2D eigenvalue weighted by molar-refractivity contribution is 14.1. The SMILES string of the molecule is CSCCCCCNC(C)c1ccc(I)cc1. The van der Waals surface area contributed by atoms with Crippen LogP contribution in [0.3, 0.4) is 0 Å². The molecular weight excluding hydrogens is 341 g/mol. The number of thioether (sulfide) groups is 1. The van der Waals surface area contributed by atoms with E-state index in [0.29, 0.717) is 6.04 Å². The molecule has 1 atom stereocenters. The van der Waals surface area contributed by atoms with Gasteiger partial charge in [-0.2, -0.15) is 11.8 Å². The number of unbranched alkanes of at least 4 members (excludes halogenated alkanes) is 2. The Bertz CT molecular complexity index is 300. The van der Waals surface area contributed by atoms with Gasteiger partial charge in [0, 0.05) is 9.61 Å². The Balaban J connectivity index is 2.16. The zero-order valence-electron chi connectivity index (χ0n) is 10.7. The van der Waals surface area contributed by atoms with Crippen LogP contribution in [0.25, 0.3) is 0 Å². The summed E-state index contributed by atoms with van der Waals surface area (Å²) >= 11 is 4.29. The second-order valence-electron chi connectivity index (χ2n) is 4.28. The van der Waals surface area contributed by atoms with E-state index >= 15 is 0 Å². The Kier molecular flexibility index (Phi) is 8.31. The first-order valence-electron chi connectivity index (χ1n) is 6.22. The van der Waals surface area contributed by atoms with E-state index < -0.39 is 0 Å². The average molecular weight is 363 g/mol. The van der Waals surface area contributed by atoms with E-state index in [9.17, 15) is 0 Å². The second-order valence-corrected chi connectivity index (χ2v) is 6.51. The molecule has 0 spiro atoms. The summed E-state index contributed by atoms with van der Waals surface area (Å²) in [5.74, 6) is 1.30. The summed E-state index contributed by atoms with van der Waals surface area (Å²) in [4.78, 5) is 0. The molecule has 0 saturated carbocycles. The molecule has 0 aliphatic carbocycles. The van der Waals surface area contributed by atoms with E-state index in [2.05, 4.69) is 65.4 Å². The Labute approximate surface area is 123 Å². The molecule has 0 fully saturated rings. The third-order valence-electron chi connectivity index (χ3n) is 2.85. The van der Waals surface area contributed by atoms with E-state index in [1.807, 2.05) is 11.8 Å². The summed E-state index contributed by atoms with van der Waals surface area (Å²) in [6, 6.07) is 9.24. The molecule has 1 aromatic carbocycles. The maximum atomic E-state index is 3.59. The predicted molar refractivity (Wildman–Crippen MR) is 87.8 cm³/mol. The monoisotopic (exact) mass is 363 g/mol. The Morgan fingerprint density at radius 2 is 1.88 bits per heavy atom. The molecule has 0 amide bonds. The molecule has 0 radical (unpaired) electrons. The van der Waals surface area contributed by atoms with Crippen molar-refractivity contribution in [1.82, 2.24) is 5.32 Å². The fourth-order valence-electron chi connectivity index (χ4n) is 1.74. The first-order chi connectivity index (χ1) is 8.24. The quantitative estimate of drug-likeness (QED) is 0.540. The number of hydrogen-bond donors (Lipinski definition) is 1. The highest BCUT2D eigenvalue weighted by Gasteiger charge is 2.03. The summed E-state index contributed by atoms with van der Waals surface area (Å²) < 4.78 is 1.30. The molecule has 0 aliphatic rings. The lowest BCUT2D eigenvalue weighted by molar-refractivity contribution is 0.545. The normalized spacial score (nSPS) is 12.6. The van der Waals surface area contributed by atoms with Gasteiger partial charge >= 0.3 is 0 Å². The van der Waals surface area contributed by atoms with Gasteiger partial charge in [-0.15, -0.1) is 0 Å². The fourth-order valence-corrected chi connectivity index (χ4v) is 2.59. The highest BCUT2D eigenvalue weighted by atomic mass is 127. The van der Waals surface area contributed by atoms with Crippen molar-refractivity contribution >= 4 is 34.4 Å². The molecule has 0 bridgehead atoms. The van der Waals surface area contributed by atoms with Gasteiger partial charge in [0.2, 0.25) is 0 Å². The van der Waals surface area contributed by atoms with Crippen molar-refractivity contribution in [2.45, 2.75) is 32.2 Å². The first-order valence-corrected chi connectivity index (χ1v) is 8.69. The van der Waals surface area contributed by atoms with Crippen LogP contribution in [0.4, 0.5) is 0 Å². The Morgan fingerprint density at radius 3 is 2.53 bits per heavy atom. The van der Waals surface area contributed by atoms with Crippen molar-refractivity contribution in [2.24, 2.45) is 0 Å². The largest absolute Gasteiger partial charge is 0.310 e. The molecule has 17 heavy (non-hydrogen) atoms. The molecule has 0 aliphatic heterocycles. The molecule has 0 heterocycles. The van der Waals surface area contributed by atoms with Gasteiger partial charge in [0.25, 0.3) is 0 Å². The minimum atomic E-state index is 0.465. The minimum Gasteiger partial charge on any atom is -0.310 e. The predicted octanol–water partition coefficient (Wildman–Crippen LogP) is 4.48. The summed E-state index contributed by atoms with van der Waals surface area (Å²) in [7, 11) is 0. The van der Waals surface area contributed by atoms with E-state index in [0.717, 1.165) is 6.54 Å². The highest BCUT2D eigenvalue weighted by Crippen LogP contribution is 2.14. The molecule has 1 nitrogen and oxygen atoms in total. The van der Waals surface area contributed by atoms with Crippen LogP contribution in [-0.2, 0) is 0 Å². The lowest BCUT2D eigenvalue weighted by Crippen LogP contribution is -2.19. The van der Waals surface area contributed by atoms with Crippen molar-refractivity contribution in [3.8, 4) is 0 Å². The molecule has 0 saturated heterocycles. The molecular formula is C14H22INS. The zero-order chi connectivity index (χ0) is 12.5. The van der Waals surface area contributed by atoms with Crippen LogP contribution >= 0.6 is 34.4 Å². The van der Waals surface area contributed by atoms with Crippen LogP contribution in [0.2, 0.25) is 0 Å². The van der Waals surface area contributed by atoms with Gasteiger partial charge < -0.3 is 5.32 Å². The maximum Gasteiger partial charge on any atom is 0.0291 e. The molecule has 0 aromatic heterocycles. The second kappa shape index (κ2) is 9.22. The van der Waals surface area contributed by atoms with E-state index in [4.69, 9.17) is 0 Å². The Hall–Kier alpha value is 0.260. The summed E-state index contributed by atoms with van der Waals surface area (Å²) in [5.41, 5.74) is 1.38. The first kappa shape index (κ1) is 15.3. The van der Waals surface area contributed by atoms with Crippen molar-refractivity contribution in [3.63, 3.8) is 0 Å². The lowest BCUT2D eigenvalue weighted by Gasteiger charge is -2.14. The van der Waals surface area contributed by atoms with Crippen LogP contribution in [0.5, 0.6) is 0 Å². The smallest absolute Gasteiger partial charge is 0.0291 e. The molecule has 96 valence electrons. The van der Waals surface area contributed by atoms with E-state index in [1.54, 1.807) is 0 Å². The van der Waals surface area contributed by atoms with Gasteiger partial charge in [0.05, 0.1) is 0 Å². The lowest BCUT2D eigenvalue weighted by atomic mass is 10.1. The van der Waals surface area contributed by atoms with Crippen LogP contribution in [0.15, 0.2) is 24.3 Å². The average Bonchev–Trinajstić information content (AvgIpc) is 2.34. The van der Waals surface area contributed by atoms with Gasteiger partial charge in [-0.3, -0.25) is 0 Å². The maximum absolute atomic E-state index is 3.59. The zero-order valence-corrected chi connectivity index (χ0v) is 13.7. The molecule has 1 rings (SSSR count). The summed E-state index contributed by atoms with van der Waals surface area (Å²) in [6.45, 7) is 3.37. The van der Waals surface area contributed by atoms with Crippen molar-refractivity contribution in [3.05, 3.63) is 33.4 Å². The van der Waals surface area contributed by atoms with Crippen LogP contribution < -0.4 is 5.32 Å². The topological polar surface area (TPSA) is 12.0 Å². The van der Waals surface area contributed by atoms with Crippen LogP contribution in [0.1, 0.15) is 37.8 Å². The van der Waals surface area contributed by atoms with Gasteiger partial charge in [-0.25, -0.2) is 0 Å². The van der Waals surface area contributed by atoms with Crippen molar-refractivity contribution in [1.29, 1.82) is 0 Å². The van der Waals surface area contributed by atoms with E-state index in [1.165, 1.54) is 34.1 Å². The van der Waals surface area contributed by atoms with Gasteiger partial charge in [0.15, 0.2) is 0 Å². The van der Waals surface area contributed by atoms with Crippen molar-refractivity contribution in [2.75, 3.05) is 18.6 Å². The molecule has 1 N–H and O–H groups in total. The van der Waals surface area contributed by atoms with E-state index in [-0.39, 0.29) is 0 Å². The van der Waals surface area contributed by atoms with Gasteiger partial charge in [-0.05, 0) is 78.6 Å².